The molecule has 1 heterocycles. The third kappa shape index (κ3) is 4.96. The molecule has 0 spiro atoms. The van der Waals surface area contributed by atoms with Gasteiger partial charge in [-0.1, -0.05) is 12.1 Å². The summed E-state index contributed by atoms with van der Waals surface area (Å²) in [4.78, 5) is 18.1. The van der Waals surface area contributed by atoms with E-state index in [-0.39, 0.29) is 24.2 Å². The molecule has 1 saturated heterocycles. The summed E-state index contributed by atoms with van der Waals surface area (Å²) in [6, 6.07) is 8.40. The van der Waals surface area contributed by atoms with Crippen molar-refractivity contribution in [1.82, 2.24) is 9.80 Å². The van der Waals surface area contributed by atoms with Crippen LogP contribution in [0.3, 0.4) is 0 Å². The molecule has 3 atom stereocenters. The van der Waals surface area contributed by atoms with Gasteiger partial charge in [0.1, 0.15) is 0 Å². The van der Waals surface area contributed by atoms with Crippen molar-refractivity contribution in [2.45, 2.75) is 50.5 Å². The van der Waals surface area contributed by atoms with Gasteiger partial charge >= 0.3 is 0 Å². The second kappa shape index (κ2) is 8.18. The number of amides is 1. The first kappa shape index (κ1) is 18.3. The molecule has 0 saturated carbocycles. The predicted octanol–water partition coefficient (Wildman–Crippen LogP) is 2.86. The van der Waals surface area contributed by atoms with Gasteiger partial charge < -0.3 is 9.64 Å². The van der Waals surface area contributed by atoms with Crippen molar-refractivity contribution >= 4 is 17.7 Å². The number of morpholine rings is 1. The highest BCUT2D eigenvalue weighted by atomic mass is 32.2. The Bertz CT molecular complexity index is 510. The Balaban J connectivity index is 1.94. The number of carbonyl (C=O) groups excluding carboxylic acids is 1. The summed E-state index contributed by atoms with van der Waals surface area (Å²) in [5.74, 6) is 0.190. The third-order valence-electron chi connectivity index (χ3n) is 4.34. The quantitative estimate of drug-likeness (QED) is 0.774. The fraction of sp³-hybridized carbons (Fsp3) is 0.611. The van der Waals surface area contributed by atoms with Crippen LogP contribution in [-0.2, 0) is 16.1 Å². The summed E-state index contributed by atoms with van der Waals surface area (Å²) >= 11 is 1.74. The monoisotopic (exact) mass is 336 g/mol. The van der Waals surface area contributed by atoms with Gasteiger partial charge in [-0.25, -0.2) is 0 Å². The molecule has 0 N–H and O–H groups in total. The van der Waals surface area contributed by atoms with Gasteiger partial charge in [-0.15, -0.1) is 11.8 Å². The minimum Gasteiger partial charge on any atom is -0.372 e. The molecular formula is C18H28N2O2S. The summed E-state index contributed by atoms with van der Waals surface area (Å²) in [5, 5.41) is 0. The molecule has 0 aromatic heterocycles. The predicted molar refractivity (Wildman–Crippen MR) is 95.7 cm³/mol. The zero-order valence-corrected chi connectivity index (χ0v) is 15.6. The molecule has 1 aliphatic rings. The lowest BCUT2D eigenvalue weighted by Gasteiger charge is -2.38. The number of thioether (sulfide) groups is 1. The topological polar surface area (TPSA) is 32.8 Å². The average molecular weight is 337 g/mol. The molecule has 0 bridgehead atoms. The molecule has 0 aliphatic carbocycles. The van der Waals surface area contributed by atoms with E-state index < -0.39 is 0 Å². The van der Waals surface area contributed by atoms with Crippen LogP contribution in [0.4, 0.5) is 0 Å². The maximum atomic E-state index is 12.7. The minimum absolute atomic E-state index is 0.110. The van der Waals surface area contributed by atoms with Crippen LogP contribution in [0, 0.1) is 0 Å². The molecule has 3 unspecified atom stereocenters. The van der Waals surface area contributed by atoms with Crippen LogP contribution in [0.5, 0.6) is 0 Å². The Hall–Kier alpha value is -1.04. The van der Waals surface area contributed by atoms with Crippen LogP contribution in [0.15, 0.2) is 29.2 Å². The van der Waals surface area contributed by atoms with Crippen LogP contribution in [0.25, 0.3) is 0 Å². The van der Waals surface area contributed by atoms with Crippen molar-refractivity contribution in [1.29, 1.82) is 0 Å². The molecule has 5 heteroatoms. The molecule has 0 radical (unpaired) electrons. The van der Waals surface area contributed by atoms with Crippen molar-refractivity contribution < 1.29 is 9.53 Å². The van der Waals surface area contributed by atoms with E-state index in [0.717, 1.165) is 6.54 Å². The molecule has 1 aromatic rings. The maximum absolute atomic E-state index is 12.7. The first-order valence-corrected chi connectivity index (χ1v) is 9.40. The molecule has 1 amide bonds. The Morgan fingerprint density at radius 3 is 2.39 bits per heavy atom. The lowest BCUT2D eigenvalue weighted by atomic mass is 10.1. The first-order valence-electron chi connectivity index (χ1n) is 8.18. The molecule has 2 rings (SSSR count). The van der Waals surface area contributed by atoms with E-state index in [9.17, 15) is 4.79 Å². The van der Waals surface area contributed by atoms with Crippen LogP contribution in [0.1, 0.15) is 26.3 Å². The van der Waals surface area contributed by atoms with Crippen molar-refractivity contribution in [2.24, 2.45) is 0 Å². The molecule has 23 heavy (non-hydrogen) atoms. The standard InChI is InChI=1S/C18H28N2O2S/c1-13-10-20(11-14(2)22-13)18(21)15(3)19(4)12-16-6-8-17(23-5)9-7-16/h6-9,13-15H,10-12H2,1-5H3. The van der Waals surface area contributed by atoms with E-state index in [1.807, 2.05) is 32.7 Å². The average Bonchev–Trinajstić information content (AvgIpc) is 2.53. The molecule has 1 aliphatic heterocycles. The number of hydrogen-bond donors (Lipinski definition) is 0. The van der Waals surface area contributed by atoms with Gasteiger partial charge in [-0.3, -0.25) is 9.69 Å². The number of carbonyl (C=O) groups is 1. The van der Waals surface area contributed by atoms with Gasteiger partial charge in [-0.2, -0.15) is 0 Å². The van der Waals surface area contributed by atoms with Gasteiger partial charge in [0.2, 0.25) is 5.91 Å². The number of nitrogens with zero attached hydrogens (tertiary/aromatic N) is 2. The van der Waals surface area contributed by atoms with Gasteiger partial charge in [0, 0.05) is 24.5 Å². The zero-order valence-electron chi connectivity index (χ0n) is 14.8. The van der Waals surface area contributed by atoms with Crippen LogP contribution >= 0.6 is 11.8 Å². The molecule has 1 aromatic carbocycles. The normalized spacial score (nSPS) is 23.1. The number of hydrogen-bond acceptors (Lipinski definition) is 4. The Morgan fingerprint density at radius 2 is 1.87 bits per heavy atom. The van der Waals surface area contributed by atoms with E-state index in [1.54, 1.807) is 11.8 Å². The van der Waals surface area contributed by atoms with Gasteiger partial charge in [0.25, 0.3) is 0 Å². The lowest BCUT2D eigenvalue weighted by molar-refractivity contribution is -0.147. The molecule has 128 valence electrons. The SMILES string of the molecule is CSc1ccc(CN(C)C(C)C(=O)N2CC(C)OC(C)C2)cc1. The van der Waals surface area contributed by atoms with Crippen LogP contribution in [0.2, 0.25) is 0 Å². The fourth-order valence-electron chi connectivity index (χ4n) is 2.97. The first-order chi connectivity index (χ1) is 10.9. The van der Waals surface area contributed by atoms with E-state index in [4.69, 9.17) is 4.74 Å². The summed E-state index contributed by atoms with van der Waals surface area (Å²) in [6.07, 6.45) is 2.30. The van der Waals surface area contributed by atoms with E-state index in [0.29, 0.717) is 13.1 Å². The maximum Gasteiger partial charge on any atom is 0.239 e. The van der Waals surface area contributed by atoms with E-state index >= 15 is 0 Å². The number of likely N-dealkylation sites (N-methyl/N-ethyl adjacent to an activating group) is 1. The van der Waals surface area contributed by atoms with Gasteiger partial charge in [0.05, 0.1) is 18.2 Å². The molecule has 4 nitrogen and oxygen atoms in total. The van der Waals surface area contributed by atoms with Gasteiger partial charge in [0.15, 0.2) is 0 Å². The summed E-state index contributed by atoms with van der Waals surface area (Å²) in [5.41, 5.74) is 1.23. The smallest absolute Gasteiger partial charge is 0.239 e. The summed E-state index contributed by atoms with van der Waals surface area (Å²) < 4.78 is 5.71. The van der Waals surface area contributed by atoms with Crippen molar-refractivity contribution in [3.05, 3.63) is 29.8 Å². The third-order valence-corrected chi connectivity index (χ3v) is 5.08. The highest BCUT2D eigenvalue weighted by Gasteiger charge is 2.30. The molecular weight excluding hydrogens is 308 g/mol. The zero-order chi connectivity index (χ0) is 17.0. The van der Waals surface area contributed by atoms with E-state index in [2.05, 4.69) is 35.4 Å². The van der Waals surface area contributed by atoms with Crippen molar-refractivity contribution in [2.75, 3.05) is 26.4 Å². The summed E-state index contributed by atoms with van der Waals surface area (Å²) in [6.45, 7) is 8.18. The van der Waals surface area contributed by atoms with Crippen molar-refractivity contribution in [3.63, 3.8) is 0 Å². The second-order valence-electron chi connectivity index (χ2n) is 6.44. The minimum atomic E-state index is -0.132. The van der Waals surface area contributed by atoms with Crippen LogP contribution in [-0.4, -0.2) is 60.3 Å². The Labute approximate surface area is 144 Å². The Morgan fingerprint density at radius 1 is 1.30 bits per heavy atom. The highest BCUT2D eigenvalue weighted by Crippen LogP contribution is 2.17. The van der Waals surface area contributed by atoms with Gasteiger partial charge in [-0.05, 0) is 51.8 Å². The largest absolute Gasteiger partial charge is 0.372 e. The molecule has 1 fully saturated rings. The van der Waals surface area contributed by atoms with E-state index in [1.165, 1.54) is 10.5 Å². The number of rotatable bonds is 5. The lowest BCUT2D eigenvalue weighted by Crippen LogP contribution is -2.53. The highest BCUT2D eigenvalue weighted by molar-refractivity contribution is 7.98. The second-order valence-corrected chi connectivity index (χ2v) is 7.32. The van der Waals surface area contributed by atoms with Crippen molar-refractivity contribution in [3.8, 4) is 0 Å². The fourth-order valence-corrected chi connectivity index (χ4v) is 3.37. The van der Waals surface area contributed by atoms with Crippen LogP contribution < -0.4 is 0 Å². The summed E-state index contributed by atoms with van der Waals surface area (Å²) in [7, 11) is 2.01. The Kier molecular flexibility index (Phi) is 6.50. The number of ether oxygens (including phenoxy) is 1. The number of benzene rings is 1.